The van der Waals surface area contributed by atoms with E-state index in [0.29, 0.717) is 13.1 Å². The summed E-state index contributed by atoms with van der Waals surface area (Å²) in [7, 11) is 0. The van der Waals surface area contributed by atoms with E-state index in [1.807, 2.05) is 43.3 Å². The van der Waals surface area contributed by atoms with E-state index in [1.165, 1.54) is 0 Å². The first-order valence-corrected chi connectivity index (χ1v) is 9.17. The summed E-state index contributed by atoms with van der Waals surface area (Å²) >= 11 is 0. The van der Waals surface area contributed by atoms with Crippen LogP contribution < -0.4 is 15.8 Å². The Bertz CT molecular complexity index is 831. The van der Waals surface area contributed by atoms with E-state index >= 15 is 0 Å². The summed E-state index contributed by atoms with van der Waals surface area (Å²) in [6.45, 7) is 4.15. The topological polar surface area (TPSA) is 80.5 Å². The number of carbonyl (C=O) groups excluding carboxylic acids is 1. The van der Waals surface area contributed by atoms with Gasteiger partial charge in [-0.05, 0) is 43.3 Å². The summed E-state index contributed by atoms with van der Waals surface area (Å²) in [5.74, 6) is 7.96. The van der Waals surface area contributed by atoms with E-state index in [-0.39, 0.29) is 12.1 Å². The Balaban J connectivity index is 1.57. The predicted octanol–water partition coefficient (Wildman–Crippen LogP) is 2.84. The van der Waals surface area contributed by atoms with Gasteiger partial charge in [-0.2, -0.15) is 0 Å². The zero-order valence-corrected chi connectivity index (χ0v) is 15.4. The molecule has 1 saturated heterocycles. The van der Waals surface area contributed by atoms with Crippen molar-refractivity contribution in [2.24, 2.45) is 5.73 Å². The second kappa shape index (κ2) is 8.95. The smallest absolute Gasteiger partial charge is 0.314 e. The molecular weight excluding hydrogens is 340 g/mol. The largest absolute Gasteiger partial charge is 0.490 e. The molecule has 1 aliphatic heterocycles. The minimum atomic E-state index is -0.358. The molecule has 27 heavy (non-hydrogen) atoms. The minimum absolute atomic E-state index is 0.110. The molecule has 2 aromatic rings. The number of primary amides is 1. The molecule has 3 rings (SSSR count). The number of pyridine rings is 1. The molecule has 0 saturated carbocycles. The average Bonchev–Trinajstić information content (AvgIpc) is 2.68. The zero-order valence-electron chi connectivity index (χ0n) is 15.4. The van der Waals surface area contributed by atoms with Crippen LogP contribution in [0.1, 0.15) is 30.9 Å². The normalized spacial score (nSPS) is 14.2. The number of hydrogen-bond acceptors (Lipinski definition) is 4. The number of carbonyl (C=O) groups is 1. The number of likely N-dealkylation sites (tertiary alicyclic amines) is 1. The fourth-order valence-corrected chi connectivity index (χ4v) is 2.93. The molecule has 140 valence electrons. The summed E-state index contributed by atoms with van der Waals surface area (Å²) in [4.78, 5) is 17.1. The third-order valence-electron chi connectivity index (χ3n) is 4.38. The molecule has 2 heterocycles. The molecule has 0 radical (unpaired) electrons. The van der Waals surface area contributed by atoms with Gasteiger partial charge in [-0.25, -0.2) is 9.78 Å². The highest BCUT2D eigenvalue weighted by Crippen LogP contribution is 2.19. The number of nitrogens with two attached hydrogens (primary N) is 1. The number of ether oxygens (including phenoxy) is 1. The minimum Gasteiger partial charge on any atom is -0.490 e. The lowest BCUT2D eigenvalue weighted by Crippen LogP contribution is -2.44. The number of amides is 2. The Morgan fingerprint density at radius 3 is 2.59 bits per heavy atom. The van der Waals surface area contributed by atoms with E-state index in [2.05, 4.69) is 22.1 Å². The van der Waals surface area contributed by atoms with Crippen LogP contribution in [0.4, 0.5) is 10.6 Å². The molecule has 2 amide bonds. The summed E-state index contributed by atoms with van der Waals surface area (Å²) in [6, 6.07) is 11.2. The maximum Gasteiger partial charge on any atom is 0.314 e. The third kappa shape index (κ3) is 5.38. The first-order chi connectivity index (χ1) is 13.1. The third-order valence-corrected chi connectivity index (χ3v) is 4.38. The van der Waals surface area contributed by atoms with Crippen LogP contribution in [0.25, 0.3) is 0 Å². The average molecular weight is 364 g/mol. The van der Waals surface area contributed by atoms with E-state index in [1.54, 1.807) is 11.1 Å². The van der Waals surface area contributed by atoms with Gasteiger partial charge in [-0.3, -0.25) is 0 Å². The number of benzene rings is 1. The molecule has 0 aliphatic carbocycles. The van der Waals surface area contributed by atoms with Gasteiger partial charge >= 0.3 is 6.03 Å². The number of piperidine rings is 1. The van der Waals surface area contributed by atoms with Crippen LogP contribution >= 0.6 is 0 Å². The second-order valence-corrected chi connectivity index (χ2v) is 6.38. The zero-order chi connectivity index (χ0) is 19.1. The molecule has 6 heteroatoms. The van der Waals surface area contributed by atoms with Crippen molar-refractivity contribution in [1.29, 1.82) is 0 Å². The Kier molecular flexibility index (Phi) is 6.16. The molecule has 1 fully saturated rings. The van der Waals surface area contributed by atoms with Crippen LogP contribution in [0.3, 0.4) is 0 Å². The summed E-state index contributed by atoms with van der Waals surface area (Å²) < 4.78 is 6.00. The van der Waals surface area contributed by atoms with Gasteiger partial charge in [0.15, 0.2) is 0 Å². The van der Waals surface area contributed by atoms with Gasteiger partial charge in [0.2, 0.25) is 0 Å². The van der Waals surface area contributed by atoms with Crippen molar-refractivity contribution in [3.63, 3.8) is 0 Å². The number of anilines is 1. The van der Waals surface area contributed by atoms with Crippen LogP contribution in [0.15, 0.2) is 42.6 Å². The van der Waals surface area contributed by atoms with Gasteiger partial charge in [0.1, 0.15) is 17.7 Å². The first kappa shape index (κ1) is 18.6. The quantitative estimate of drug-likeness (QED) is 0.818. The first-order valence-electron chi connectivity index (χ1n) is 9.17. The predicted molar refractivity (Wildman–Crippen MR) is 106 cm³/mol. The van der Waals surface area contributed by atoms with Crippen LogP contribution in [-0.2, 0) is 0 Å². The number of nitrogens with zero attached hydrogens (tertiary/aromatic N) is 2. The van der Waals surface area contributed by atoms with Crippen molar-refractivity contribution in [3.05, 3.63) is 53.7 Å². The molecule has 0 atom stereocenters. The fraction of sp³-hybridized carbons (Fsp3) is 0.333. The Hall–Kier alpha value is -3.20. The lowest BCUT2D eigenvalue weighted by Gasteiger charge is -2.30. The van der Waals surface area contributed by atoms with Crippen LogP contribution in [0.2, 0.25) is 0 Å². The summed E-state index contributed by atoms with van der Waals surface area (Å²) in [5, 5.41) is 3.18. The highest BCUT2D eigenvalue weighted by Gasteiger charge is 2.22. The number of nitrogens with one attached hydrogen (secondary N) is 1. The van der Waals surface area contributed by atoms with Crippen molar-refractivity contribution in [2.45, 2.75) is 25.9 Å². The molecular formula is C21H24N4O2. The number of hydrogen-bond donors (Lipinski definition) is 2. The van der Waals surface area contributed by atoms with E-state index in [9.17, 15) is 4.79 Å². The SMILES string of the molecule is CCNc1cc(C#Cc2ccc(OC3CCN(C(N)=O)CC3)cc2)ccn1. The summed E-state index contributed by atoms with van der Waals surface area (Å²) in [5.41, 5.74) is 7.14. The van der Waals surface area contributed by atoms with Gasteiger partial charge in [-0.1, -0.05) is 11.8 Å². The van der Waals surface area contributed by atoms with Crippen molar-refractivity contribution in [1.82, 2.24) is 9.88 Å². The van der Waals surface area contributed by atoms with E-state index < -0.39 is 0 Å². The van der Waals surface area contributed by atoms with Gasteiger partial charge in [-0.15, -0.1) is 0 Å². The molecule has 6 nitrogen and oxygen atoms in total. The highest BCUT2D eigenvalue weighted by molar-refractivity contribution is 5.72. The van der Waals surface area contributed by atoms with Crippen molar-refractivity contribution >= 4 is 11.8 Å². The van der Waals surface area contributed by atoms with Gasteiger partial charge in [0.25, 0.3) is 0 Å². The number of aromatic nitrogens is 1. The monoisotopic (exact) mass is 364 g/mol. The molecule has 0 bridgehead atoms. The lowest BCUT2D eigenvalue weighted by atomic mass is 10.1. The van der Waals surface area contributed by atoms with Crippen molar-refractivity contribution < 1.29 is 9.53 Å². The van der Waals surface area contributed by atoms with Crippen molar-refractivity contribution in [3.8, 4) is 17.6 Å². The standard InChI is InChI=1S/C21H24N4O2/c1-2-23-20-15-17(9-12-24-20)4-3-16-5-7-18(8-6-16)27-19-10-13-25(14-11-19)21(22)26/h5-9,12,15,19H,2,10-11,13-14H2,1H3,(H2,22,26)(H,23,24). The van der Waals surface area contributed by atoms with Crippen molar-refractivity contribution in [2.75, 3.05) is 25.0 Å². The fourth-order valence-electron chi connectivity index (χ4n) is 2.93. The van der Waals surface area contributed by atoms with Crippen LogP contribution in [0.5, 0.6) is 5.75 Å². The van der Waals surface area contributed by atoms with Crippen LogP contribution in [-0.4, -0.2) is 41.7 Å². The van der Waals surface area contributed by atoms with Gasteiger partial charge in [0.05, 0.1) is 0 Å². The van der Waals surface area contributed by atoms with E-state index in [0.717, 1.165) is 42.1 Å². The maximum atomic E-state index is 11.2. The number of rotatable bonds is 4. The Morgan fingerprint density at radius 2 is 1.93 bits per heavy atom. The van der Waals surface area contributed by atoms with Gasteiger partial charge < -0.3 is 20.7 Å². The lowest BCUT2D eigenvalue weighted by molar-refractivity contribution is 0.114. The molecule has 0 spiro atoms. The second-order valence-electron chi connectivity index (χ2n) is 6.38. The molecule has 3 N–H and O–H groups in total. The van der Waals surface area contributed by atoms with Crippen LogP contribution in [0, 0.1) is 11.8 Å². The number of urea groups is 1. The Morgan fingerprint density at radius 1 is 1.22 bits per heavy atom. The van der Waals surface area contributed by atoms with E-state index in [4.69, 9.17) is 10.5 Å². The Labute approximate surface area is 159 Å². The van der Waals surface area contributed by atoms with Gasteiger partial charge in [0, 0.05) is 49.8 Å². The molecule has 1 aromatic heterocycles. The molecule has 1 aliphatic rings. The molecule has 1 aromatic carbocycles. The maximum absolute atomic E-state index is 11.2. The molecule has 0 unspecified atom stereocenters. The summed E-state index contributed by atoms with van der Waals surface area (Å²) in [6.07, 6.45) is 3.45. The highest BCUT2D eigenvalue weighted by atomic mass is 16.5.